The minimum absolute atomic E-state index is 0.0226. The molecule has 0 bridgehead atoms. The molecule has 0 aliphatic carbocycles. The third-order valence-electron chi connectivity index (χ3n) is 11.9. The number of hydrogen-bond donors (Lipinski definition) is 8. The molecule has 16 nitrogen and oxygen atoms in total. The van der Waals surface area contributed by atoms with Gasteiger partial charge in [0.1, 0.15) is 65.2 Å². The van der Waals surface area contributed by atoms with Crippen LogP contribution in [0.15, 0.2) is 80.7 Å². The van der Waals surface area contributed by atoms with Gasteiger partial charge in [0.15, 0.2) is 16.8 Å². The van der Waals surface area contributed by atoms with Crippen LogP contribution >= 0.6 is 0 Å². The Bertz CT molecular complexity index is 2460. The quantitative estimate of drug-likeness (QED) is 0.0673. The number of nitrogens with zero attached hydrogens (tertiary/aromatic N) is 2. The highest BCUT2D eigenvalue weighted by atomic mass is 17.2. The van der Waals surface area contributed by atoms with E-state index in [0.717, 1.165) is 11.3 Å². The molecule has 1 fully saturated rings. The van der Waals surface area contributed by atoms with Crippen LogP contribution in [0, 0.1) is 12.8 Å². The number of aliphatic hydroxyl groups excluding tert-OH is 4. The number of phenols is 2. The summed E-state index contributed by atoms with van der Waals surface area (Å²) in [5.41, 5.74) is -0.218. The van der Waals surface area contributed by atoms with E-state index in [1.807, 2.05) is 24.1 Å². The predicted octanol–water partition coefficient (Wildman–Crippen LogP) is 2.31. The summed E-state index contributed by atoms with van der Waals surface area (Å²) in [6.45, 7) is 2.74. The van der Waals surface area contributed by atoms with Crippen molar-refractivity contribution in [3.8, 4) is 17.2 Å². The molecule has 312 valence electrons. The number of hydrogen-bond acceptors (Lipinski definition) is 15. The fourth-order valence-corrected chi connectivity index (χ4v) is 8.48. The van der Waals surface area contributed by atoms with Gasteiger partial charge in [0, 0.05) is 60.8 Å². The fourth-order valence-electron chi connectivity index (χ4n) is 8.48. The summed E-state index contributed by atoms with van der Waals surface area (Å²) in [5.74, 6) is 0.634. The zero-order valence-electron chi connectivity index (χ0n) is 32.5. The first-order valence-corrected chi connectivity index (χ1v) is 19.5. The van der Waals surface area contributed by atoms with Crippen molar-refractivity contribution in [3.05, 3.63) is 93.6 Å². The van der Waals surface area contributed by atoms with Crippen LogP contribution in [0.2, 0.25) is 0 Å². The highest BCUT2D eigenvalue weighted by Crippen LogP contribution is 2.48. The second-order valence-corrected chi connectivity index (χ2v) is 16.2. The normalized spacial score (nSPS) is 23.6. The van der Waals surface area contributed by atoms with Crippen molar-refractivity contribution in [2.45, 2.75) is 81.6 Å². The molecule has 1 amide bonds. The van der Waals surface area contributed by atoms with E-state index in [1.54, 1.807) is 19.2 Å². The molecule has 3 aromatic carbocycles. The van der Waals surface area contributed by atoms with Gasteiger partial charge in [-0.3, -0.25) is 14.6 Å². The average Bonchev–Trinajstić information content (AvgIpc) is 3.94. The first kappa shape index (κ1) is 40.4. The lowest BCUT2D eigenvalue weighted by molar-refractivity contribution is -0.371. The average molecular weight is 814 g/mol. The molecule has 4 aliphatic rings. The number of carbonyl (C=O) groups is 1. The first-order valence-electron chi connectivity index (χ1n) is 19.5. The minimum Gasteiger partial charge on any atom is -0.508 e. The second-order valence-electron chi connectivity index (χ2n) is 16.2. The molecule has 0 unspecified atom stereocenters. The largest absolute Gasteiger partial charge is 0.508 e. The van der Waals surface area contributed by atoms with Crippen LogP contribution in [0.4, 0.5) is 5.69 Å². The molecule has 16 heteroatoms. The van der Waals surface area contributed by atoms with E-state index in [0.29, 0.717) is 82.4 Å². The third-order valence-corrected chi connectivity index (χ3v) is 11.9. The van der Waals surface area contributed by atoms with Gasteiger partial charge in [-0.25, -0.2) is 9.78 Å². The Balaban J connectivity index is 1.15. The van der Waals surface area contributed by atoms with Crippen LogP contribution in [-0.2, 0) is 27.4 Å². The number of ether oxygens (including phenoxy) is 1. The minimum atomic E-state index is -2.40. The van der Waals surface area contributed by atoms with Crippen molar-refractivity contribution in [2.75, 3.05) is 31.2 Å². The molecular formula is C43H47N3O13. The summed E-state index contributed by atoms with van der Waals surface area (Å²) in [5, 5.41) is 78.9. The van der Waals surface area contributed by atoms with Crippen molar-refractivity contribution in [1.82, 2.24) is 5.32 Å². The van der Waals surface area contributed by atoms with Crippen LogP contribution in [0.3, 0.4) is 0 Å². The molecule has 0 radical (unpaired) electrons. The fraction of sp³-hybridized carbons (Fsp3) is 0.419. The van der Waals surface area contributed by atoms with Crippen LogP contribution < -0.4 is 20.4 Å². The molecule has 1 aromatic heterocycles. The Hall–Kier alpha value is -5.33. The monoisotopic (exact) mass is 813 g/mol. The van der Waals surface area contributed by atoms with Crippen LogP contribution in [-0.4, -0.2) is 109 Å². The maximum Gasteiger partial charge on any atom is 0.220 e. The second kappa shape index (κ2) is 15.7. The molecule has 4 aromatic rings. The number of aliphatic hydroxyl groups is 5. The molecule has 0 saturated carbocycles. The van der Waals surface area contributed by atoms with Crippen molar-refractivity contribution < 1.29 is 59.5 Å². The molecular weight excluding hydrogens is 766 g/mol. The number of phenolic OH excluding ortho intramolecular Hbond substituents is 2. The summed E-state index contributed by atoms with van der Waals surface area (Å²) < 4.78 is 13.2. The van der Waals surface area contributed by atoms with Crippen molar-refractivity contribution in [2.24, 2.45) is 10.9 Å². The van der Waals surface area contributed by atoms with Gasteiger partial charge in [-0.15, -0.1) is 0 Å². The van der Waals surface area contributed by atoms with Gasteiger partial charge >= 0.3 is 0 Å². The SMILES string of the molecule is Cc1cc(=O)c2cc3c(c(N4C=C5C=CN=C5C4)c2o1)O[C@](C)(CC[C@H]1CNC(=O)C1)[C@H](OOC[C@@](O)(Cc1ccc(O)c2ccc(O)cc12)[C@@H](O)[C@H](O)[C@H](O)CO)C3. The van der Waals surface area contributed by atoms with E-state index >= 15 is 0 Å². The van der Waals surface area contributed by atoms with Gasteiger partial charge < -0.3 is 55.1 Å². The number of fused-ring (bicyclic) bond motifs is 4. The maximum absolute atomic E-state index is 13.5. The Morgan fingerprint density at radius 2 is 1.88 bits per heavy atom. The molecule has 0 spiro atoms. The molecule has 59 heavy (non-hydrogen) atoms. The number of nitrogens with one attached hydrogen (secondary N) is 1. The maximum atomic E-state index is 13.5. The Labute approximate surface area is 337 Å². The molecule has 5 heterocycles. The van der Waals surface area contributed by atoms with Gasteiger partial charge in [0.25, 0.3) is 0 Å². The lowest BCUT2D eigenvalue weighted by Gasteiger charge is -2.43. The van der Waals surface area contributed by atoms with Crippen LogP contribution in [0.1, 0.15) is 43.1 Å². The van der Waals surface area contributed by atoms with Gasteiger partial charge in [0.05, 0.1) is 24.2 Å². The topological polar surface area (TPSA) is 244 Å². The third kappa shape index (κ3) is 7.68. The molecule has 7 atom stereocenters. The smallest absolute Gasteiger partial charge is 0.220 e. The number of amides is 1. The number of aromatic hydroxyl groups is 2. The van der Waals surface area contributed by atoms with E-state index < -0.39 is 55.3 Å². The summed E-state index contributed by atoms with van der Waals surface area (Å²) in [4.78, 5) is 44.0. The van der Waals surface area contributed by atoms with Crippen LogP contribution in [0.25, 0.3) is 21.7 Å². The molecule has 1 saturated heterocycles. The van der Waals surface area contributed by atoms with Gasteiger partial charge in [0.2, 0.25) is 5.91 Å². The molecule has 8 N–H and O–H groups in total. The van der Waals surface area contributed by atoms with E-state index in [-0.39, 0.29) is 35.2 Å². The number of benzene rings is 3. The van der Waals surface area contributed by atoms with Gasteiger partial charge in [-0.2, -0.15) is 0 Å². The summed E-state index contributed by atoms with van der Waals surface area (Å²) in [6.07, 6.45) is -0.342. The Morgan fingerprint density at radius 3 is 2.63 bits per heavy atom. The van der Waals surface area contributed by atoms with Crippen molar-refractivity contribution >= 4 is 39.0 Å². The van der Waals surface area contributed by atoms with E-state index in [1.165, 1.54) is 36.4 Å². The van der Waals surface area contributed by atoms with Gasteiger partial charge in [-0.1, -0.05) is 6.07 Å². The van der Waals surface area contributed by atoms with E-state index in [2.05, 4.69) is 10.3 Å². The first-order chi connectivity index (χ1) is 28.2. The number of aryl methyl sites for hydroxylation is 1. The van der Waals surface area contributed by atoms with E-state index in [4.69, 9.17) is 18.9 Å². The van der Waals surface area contributed by atoms with Gasteiger partial charge in [-0.05, 0) is 80.0 Å². The summed E-state index contributed by atoms with van der Waals surface area (Å²) >= 11 is 0. The lowest BCUT2D eigenvalue weighted by atomic mass is 9.83. The van der Waals surface area contributed by atoms with Crippen LogP contribution in [0.5, 0.6) is 17.2 Å². The predicted molar refractivity (Wildman–Crippen MR) is 214 cm³/mol. The Kier molecular flexibility index (Phi) is 10.8. The number of allylic oxidation sites excluding steroid dienone is 1. The highest BCUT2D eigenvalue weighted by molar-refractivity contribution is 6.12. The number of anilines is 1. The molecule has 8 rings (SSSR count). The van der Waals surface area contributed by atoms with Crippen molar-refractivity contribution in [1.29, 1.82) is 0 Å². The zero-order valence-corrected chi connectivity index (χ0v) is 32.5. The molecule has 4 aliphatic heterocycles. The number of rotatable bonds is 14. The van der Waals surface area contributed by atoms with E-state index in [9.17, 15) is 45.3 Å². The lowest BCUT2D eigenvalue weighted by Crippen LogP contribution is -2.58. The summed E-state index contributed by atoms with van der Waals surface area (Å²) in [7, 11) is 0. The standard InChI is InChI=1S/C43H47N3O13/c1-22-11-33(50)30-13-26-14-35(59-56-21-43(55,41(54)38(53)34(51)20-47)16-24-3-6-32(49)28-5-4-27(48)15-29(24)28)42(2,9-7-23-12-36(52)45-17-23)58-39(26)37(40(30)57-22)46-18-25-8-10-44-31(25)19-46/h3-6,8,10-11,13,15,18,23,34-35,38,41,47-49,51,53-55H,7,9,12,14,16-17,19-21H2,1-2H3,(H,45,52)/t23-,34-,35-,38-,41+,42-,43+/m1/s1. The van der Waals surface area contributed by atoms with Crippen molar-refractivity contribution in [3.63, 3.8) is 0 Å². The number of carbonyl (C=O) groups excluding carboxylic acids is 1. The highest BCUT2D eigenvalue weighted by Gasteiger charge is 2.48. The Morgan fingerprint density at radius 1 is 1.07 bits per heavy atom. The summed E-state index contributed by atoms with van der Waals surface area (Å²) in [6, 6.07) is 10.2. The number of aliphatic imine (C=N–C) groups is 1. The zero-order chi connectivity index (χ0) is 41.8.